The van der Waals surface area contributed by atoms with Gasteiger partial charge >= 0.3 is 0 Å². The number of aryl methyl sites for hydroxylation is 1. The van der Waals surface area contributed by atoms with E-state index in [1.54, 1.807) is 11.8 Å². The summed E-state index contributed by atoms with van der Waals surface area (Å²) in [6.07, 6.45) is 6.73. The van der Waals surface area contributed by atoms with E-state index in [0.717, 1.165) is 28.7 Å². The zero-order chi connectivity index (χ0) is 17.9. The molecule has 26 heavy (non-hydrogen) atoms. The van der Waals surface area contributed by atoms with Gasteiger partial charge in [-0.3, -0.25) is 4.57 Å². The van der Waals surface area contributed by atoms with Gasteiger partial charge in [-0.2, -0.15) is 0 Å². The Morgan fingerprint density at radius 3 is 2.81 bits per heavy atom. The Morgan fingerprint density at radius 2 is 2.00 bits per heavy atom. The molecule has 0 saturated heterocycles. The number of benzene rings is 1. The van der Waals surface area contributed by atoms with Crippen LogP contribution in [0.15, 0.2) is 47.5 Å². The first-order chi connectivity index (χ1) is 12.8. The number of thiophene rings is 1. The lowest BCUT2D eigenvalue weighted by Gasteiger charge is -2.13. The molecule has 3 aromatic rings. The third kappa shape index (κ3) is 3.48. The van der Waals surface area contributed by atoms with Crippen LogP contribution in [0, 0.1) is 5.82 Å². The fourth-order valence-corrected chi connectivity index (χ4v) is 5.33. The van der Waals surface area contributed by atoms with Crippen molar-refractivity contribution < 1.29 is 4.39 Å². The molecule has 0 saturated carbocycles. The molecule has 2 aromatic heterocycles. The Labute approximate surface area is 161 Å². The molecule has 0 aliphatic heterocycles. The van der Waals surface area contributed by atoms with Crippen molar-refractivity contribution in [2.45, 2.75) is 43.1 Å². The highest BCUT2D eigenvalue weighted by Gasteiger charge is 2.21. The number of allylic oxidation sites excluding steroid dienone is 1. The quantitative estimate of drug-likeness (QED) is 0.414. The lowest BCUT2D eigenvalue weighted by atomic mass is 9.95. The van der Waals surface area contributed by atoms with Crippen LogP contribution in [0.4, 0.5) is 4.39 Å². The summed E-state index contributed by atoms with van der Waals surface area (Å²) in [6.45, 7) is 4.57. The summed E-state index contributed by atoms with van der Waals surface area (Å²) < 4.78 is 15.2. The second-order valence-electron chi connectivity index (χ2n) is 6.38. The second-order valence-corrected chi connectivity index (χ2v) is 8.29. The van der Waals surface area contributed by atoms with Gasteiger partial charge in [-0.05, 0) is 48.9 Å². The van der Waals surface area contributed by atoms with Crippen LogP contribution < -0.4 is 0 Å². The van der Waals surface area contributed by atoms with Gasteiger partial charge in [0.15, 0.2) is 11.0 Å². The highest BCUT2D eigenvalue weighted by Crippen LogP contribution is 2.37. The molecule has 1 aromatic carbocycles. The van der Waals surface area contributed by atoms with Crippen molar-refractivity contribution in [3.05, 3.63) is 64.1 Å². The van der Waals surface area contributed by atoms with E-state index >= 15 is 0 Å². The summed E-state index contributed by atoms with van der Waals surface area (Å²) in [7, 11) is 0. The number of hydrogen-bond acceptors (Lipinski definition) is 4. The van der Waals surface area contributed by atoms with E-state index in [9.17, 15) is 4.39 Å². The third-order valence-corrected chi connectivity index (χ3v) is 6.74. The predicted molar refractivity (Wildman–Crippen MR) is 106 cm³/mol. The molecule has 0 fully saturated rings. The van der Waals surface area contributed by atoms with Crippen molar-refractivity contribution in [1.82, 2.24) is 14.8 Å². The summed E-state index contributed by atoms with van der Waals surface area (Å²) in [5, 5.41) is 12.0. The molecular formula is C20H20FN3S2. The zero-order valence-corrected chi connectivity index (χ0v) is 16.1. The molecule has 3 nitrogen and oxygen atoms in total. The van der Waals surface area contributed by atoms with E-state index in [2.05, 4.69) is 26.7 Å². The maximum absolute atomic E-state index is 13.1. The molecule has 1 aliphatic rings. The predicted octanol–water partition coefficient (Wildman–Crippen LogP) is 5.50. The minimum atomic E-state index is -0.210. The fraction of sp³-hybridized carbons (Fsp3) is 0.300. The van der Waals surface area contributed by atoms with Crippen LogP contribution >= 0.6 is 23.1 Å². The minimum Gasteiger partial charge on any atom is -0.298 e. The SMILES string of the molecule is C=CCn1c(SCc2ccc(F)cc2)nnc1-c1csc2c1CCCC2. The third-order valence-electron chi connectivity index (χ3n) is 4.61. The topological polar surface area (TPSA) is 30.7 Å². The van der Waals surface area contributed by atoms with Crippen molar-refractivity contribution in [2.75, 3.05) is 0 Å². The second kappa shape index (κ2) is 7.76. The van der Waals surface area contributed by atoms with Crippen LogP contribution in [0.25, 0.3) is 11.4 Å². The molecule has 0 amide bonds. The van der Waals surface area contributed by atoms with E-state index in [4.69, 9.17) is 0 Å². The Balaban J connectivity index is 1.61. The van der Waals surface area contributed by atoms with Crippen LogP contribution in [0.2, 0.25) is 0 Å². The normalized spacial score (nSPS) is 13.6. The number of aromatic nitrogens is 3. The van der Waals surface area contributed by atoms with E-state index in [1.165, 1.54) is 47.4 Å². The summed E-state index contributed by atoms with van der Waals surface area (Å²) in [5.74, 6) is 1.46. The summed E-state index contributed by atoms with van der Waals surface area (Å²) in [6, 6.07) is 6.61. The van der Waals surface area contributed by atoms with Crippen molar-refractivity contribution >= 4 is 23.1 Å². The Bertz CT molecular complexity index is 912. The summed E-state index contributed by atoms with van der Waals surface area (Å²) >= 11 is 3.47. The fourth-order valence-electron chi connectivity index (χ4n) is 3.30. The Kier molecular flexibility index (Phi) is 5.22. The average Bonchev–Trinajstić information content (AvgIpc) is 3.25. The molecule has 0 radical (unpaired) electrons. The number of thioether (sulfide) groups is 1. The molecule has 4 rings (SSSR count). The van der Waals surface area contributed by atoms with Gasteiger partial charge in [-0.25, -0.2) is 4.39 Å². The van der Waals surface area contributed by atoms with Crippen LogP contribution in [0.3, 0.4) is 0 Å². The lowest BCUT2D eigenvalue weighted by molar-refractivity contribution is 0.627. The van der Waals surface area contributed by atoms with Crippen molar-refractivity contribution in [3.63, 3.8) is 0 Å². The smallest absolute Gasteiger partial charge is 0.192 e. The van der Waals surface area contributed by atoms with Gasteiger partial charge in [0, 0.05) is 28.1 Å². The zero-order valence-electron chi connectivity index (χ0n) is 14.4. The van der Waals surface area contributed by atoms with Gasteiger partial charge in [0.25, 0.3) is 0 Å². The molecule has 0 bridgehead atoms. The minimum absolute atomic E-state index is 0.210. The van der Waals surface area contributed by atoms with Crippen molar-refractivity contribution in [3.8, 4) is 11.4 Å². The number of fused-ring (bicyclic) bond motifs is 1. The van der Waals surface area contributed by atoms with Crippen LogP contribution in [-0.4, -0.2) is 14.8 Å². The molecule has 1 aliphatic carbocycles. The number of hydrogen-bond donors (Lipinski definition) is 0. The first kappa shape index (κ1) is 17.5. The van der Waals surface area contributed by atoms with Crippen molar-refractivity contribution in [2.24, 2.45) is 0 Å². The molecule has 0 unspecified atom stereocenters. The molecule has 0 N–H and O–H groups in total. The highest BCUT2D eigenvalue weighted by molar-refractivity contribution is 7.98. The molecular weight excluding hydrogens is 365 g/mol. The van der Waals surface area contributed by atoms with Gasteiger partial charge in [0.05, 0.1) is 0 Å². The average molecular weight is 386 g/mol. The molecule has 0 atom stereocenters. The number of rotatable bonds is 6. The van der Waals surface area contributed by atoms with Crippen LogP contribution in [0.5, 0.6) is 0 Å². The van der Waals surface area contributed by atoms with E-state index < -0.39 is 0 Å². The molecule has 2 heterocycles. The summed E-state index contributed by atoms with van der Waals surface area (Å²) in [4.78, 5) is 1.50. The highest BCUT2D eigenvalue weighted by atomic mass is 32.2. The van der Waals surface area contributed by atoms with Gasteiger partial charge in [0.2, 0.25) is 0 Å². The monoisotopic (exact) mass is 385 g/mol. The largest absolute Gasteiger partial charge is 0.298 e. The first-order valence-corrected chi connectivity index (χ1v) is 10.6. The standard InChI is InChI=1S/C20H20FN3S2/c1-2-11-24-19(17-13-25-18-6-4-3-5-16(17)18)22-23-20(24)26-12-14-7-9-15(21)10-8-14/h2,7-10,13H,1,3-6,11-12H2. The van der Waals surface area contributed by atoms with Gasteiger partial charge < -0.3 is 0 Å². The van der Waals surface area contributed by atoms with E-state index in [-0.39, 0.29) is 5.82 Å². The van der Waals surface area contributed by atoms with Gasteiger partial charge in [-0.1, -0.05) is 30.0 Å². The number of nitrogens with zero attached hydrogens (tertiary/aromatic N) is 3. The maximum Gasteiger partial charge on any atom is 0.192 e. The molecule has 6 heteroatoms. The lowest BCUT2D eigenvalue weighted by Crippen LogP contribution is -2.04. The molecule has 134 valence electrons. The van der Waals surface area contributed by atoms with Crippen molar-refractivity contribution in [1.29, 1.82) is 0 Å². The van der Waals surface area contributed by atoms with Gasteiger partial charge in [0.1, 0.15) is 5.82 Å². The van der Waals surface area contributed by atoms with Crippen LogP contribution in [0.1, 0.15) is 28.8 Å². The summed E-state index contributed by atoms with van der Waals surface area (Å²) in [5.41, 5.74) is 3.75. The Morgan fingerprint density at radius 1 is 1.19 bits per heavy atom. The number of halogens is 1. The van der Waals surface area contributed by atoms with Crippen LogP contribution in [-0.2, 0) is 25.1 Å². The van der Waals surface area contributed by atoms with E-state index in [1.807, 2.05) is 29.5 Å². The van der Waals surface area contributed by atoms with Gasteiger partial charge in [-0.15, -0.1) is 28.1 Å². The Hall–Kier alpha value is -1.92. The van der Waals surface area contributed by atoms with E-state index in [0.29, 0.717) is 6.54 Å². The maximum atomic E-state index is 13.1. The molecule has 0 spiro atoms. The first-order valence-electron chi connectivity index (χ1n) is 8.77.